The molecule has 0 saturated heterocycles. The number of sulfonamides is 1. The number of nitrogens with one attached hydrogen (secondary N) is 2. The van der Waals surface area contributed by atoms with Crippen molar-refractivity contribution in [2.24, 2.45) is 5.92 Å². The Balaban J connectivity index is 1.33. The van der Waals surface area contributed by atoms with E-state index in [1.54, 1.807) is 13.8 Å². The van der Waals surface area contributed by atoms with E-state index in [9.17, 15) is 8.42 Å². The summed E-state index contributed by atoms with van der Waals surface area (Å²) >= 11 is 0. The average molecular weight is 429 g/mol. The zero-order valence-electron chi connectivity index (χ0n) is 18.1. The Labute approximate surface area is 179 Å². The third-order valence-electron chi connectivity index (χ3n) is 6.72. The van der Waals surface area contributed by atoms with Gasteiger partial charge in [0, 0.05) is 29.0 Å². The fourth-order valence-electron chi connectivity index (χ4n) is 4.15. The first-order valence-corrected chi connectivity index (χ1v) is 12.4. The molecule has 0 bridgehead atoms. The van der Waals surface area contributed by atoms with Crippen molar-refractivity contribution >= 4 is 37.6 Å². The van der Waals surface area contributed by atoms with Crippen molar-refractivity contribution in [1.82, 2.24) is 4.72 Å². The lowest BCUT2D eigenvalue weighted by Crippen LogP contribution is -2.47. The number of benzene rings is 2. The highest BCUT2D eigenvalue weighted by Crippen LogP contribution is 2.31. The molecule has 1 heterocycles. The molecule has 0 atom stereocenters. The average Bonchev–Trinajstić information content (AvgIpc) is 3.11. The van der Waals surface area contributed by atoms with Gasteiger partial charge < -0.3 is 9.73 Å². The Morgan fingerprint density at radius 2 is 1.70 bits per heavy atom. The molecule has 4 rings (SSSR count). The molecule has 0 spiro atoms. The van der Waals surface area contributed by atoms with Crippen molar-refractivity contribution < 1.29 is 12.8 Å². The van der Waals surface area contributed by atoms with Gasteiger partial charge in [-0.3, -0.25) is 0 Å². The largest absolute Gasteiger partial charge is 0.456 e. The molecule has 2 aromatic carbocycles. The van der Waals surface area contributed by atoms with E-state index in [2.05, 4.69) is 28.2 Å². The van der Waals surface area contributed by atoms with Gasteiger partial charge in [-0.25, -0.2) is 13.1 Å². The van der Waals surface area contributed by atoms with E-state index in [0.717, 1.165) is 59.9 Å². The second kappa shape index (κ2) is 8.23. The minimum atomic E-state index is -3.29. The zero-order valence-corrected chi connectivity index (χ0v) is 18.9. The van der Waals surface area contributed by atoms with Crippen LogP contribution in [0, 0.1) is 5.92 Å². The Kier molecular flexibility index (Phi) is 5.82. The standard InChI is InChI=1S/C24H32N2O3S/c1-4-24(2,3)30(27,28)26-18-11-9-17(10-12-18)16-25-19-13-14-23-21(15-19)20-7-5-6-8-22(20)29-23/h5-8,13-15,17-18,25-26H,4,9-12,16H2,1-3H3. The molecule has 1 aliphatic carbocycles. The van der Waals surface area contributed by atoms with Gasteiger partial charge in [-0.15, -0.1) is 0 Å². The van der Waals surface area contributed by atoms with E-state index in [-0.39, 0.29) is 6.04 Å². The van der Waals surface area contributed by atoms with Crippen LogP contribution in [0.1, 0.15) is 52.9 Å². The van der Waals surface area contributed by atoms with E-state index < -0.39 is 14.8 Å². The summed E-state index contributed by atoms with van der Waals surface area (Å²) in [6.07, 6.45) is 4.47. The van der Waals surface area contributed by atoms with Crippen LogP contribution in [0.5, 0.6) is 0 Å². The highest BCUT2D eigenvalue weighted by Gasteiger charge is 2.35. The maximum Gasteiger partial charge on any atom is 0.217 e. The summed E-state index contributed by atoms with van der Waals surface area (Å²) in [6, 6.07) is 14.4. The molecule has 30 heavy (non-hydrogen) atoms. The minimum Gasteiger partial charge on any atom is -0.456 e. The van der Waals surface area contributed by atoms with Gasteiger partial charge in [0.15, 0.2) is 0 Å². The summed E-state index contributed by atoms with van der Waals surface area (Å²) in [5.41, 5.74) is 2.92. The van der Waals surface area contributed by atoms with Crippen LogP contribution in [0.15, 0.2) is 46.9 Å². The summed E-state index contributed by atoms with van der Waals surface area (Å²) in [6.45, 7) is 6.42. The fourth-order valence-corrected chi connectivity index (χ4v) is 5.53. The van der Waals surface area contributed by atoms with Crippen molar-refractivity contribution in [1.29, 1.82) is 0 Å². The van der Waals surface area contributed by atoms with Crippen LogP contribution in [0.25, 0.3) is 21.9 Å². The molecular formula is C24H32N2O3S. The Hall–Kier alpha value is -2.05. The molecule has 1 aromatic heterocycles. The maximum atomic E-state index is 12.6. The lowest BCUT2D eigenvalue weighted by atomic mass is 9.86. The van der Waals surface area contributed by atoms with E-state index in [1.807, 2.05) is 31.2 Å². The van der Waals surface area contributed by atoms with Crippen molar-refractivity contribution in [3.63, 3.8) is 0 Å². The Bertz CT molecular complexity index is 1130. The predicted molar refractivity (Wildman–Crippen MR) is 124 cm³/mol. The number of hydrogen-bond donors (Lipinski definition) is 2. The summed E-state index contributed by atoms with van der Waals surface area (Å²) < 4.78 is 33.3. The van der Waals surface area contributed by atoms with Crippen molar-refractivity contribution in [3.8, 4) is 0 Å². The van der Waals surface area contributed by atoms with E-state index in [0.29, 0.717) is 12.3 Å². The zero-order chi connectivity index (χ0) is 21.4. The van der Waals surface area contributed by atoms with Crippen molar-refractivity contribution in [3.05, 3.63) is 42.5 Å². The molecule has 1 saturated carbocycles. The summed E-state index contributed by atoms with van der Waals surface area (Å²) in [5.74, 6) is 0.557. The van der Waals surface area contributed by atoms with Gasteiger partial charge in [0.05, 0.1) is 4.75 Å². The lowest BCUT2D eigenvalue weighted by molar-refractivity contribution is 0.322. The smallest absolute Gasteiger partial charge is 0.217 e. The van der Waals surface area contributed by atoms with Gasteiger partial charge in [-0.1, -0.05) is 25.1 Å². The van der Waals surface area contributed by atoms with Gasteiger partial charge in [-0.05, 0) is 76.1 Å². The number of furan rings is 1. The molecule has 0 radical (unpaired) electrons. The monoisotopic (exact) mass is 428 g/mol. The van der Waals surface area contributed by atoms with Crippen LogP contribution in [0.3, 0.4) is 0 Å². The second-order valence-corrected chi connectivity index (χ2v) is 11.5. The molecule has 6 heteroatoms. The van der Waals surface area contributed by atoms with Crippen LogP contribution in [-0.4, -0.2) is 25.8 Å². The summed E-state index contributed by atoms with van der Waals surface area (Å²) in [4.78, 5) is 0. The maximum absolute atomic E-state index is 12.6. The molecule has 162 valence electrons. The molecular weight excluding hydrogens is 396 g/mol. The van der Waals surface area contributed by atoms with E-state index >= 15 is 0 Å². The number of rotatable bonds is 7. The van der Waals surface area contributed by atoms with Crippen molar-refractivity contribution in [2.75, 3.05) is 11.9 Å². The van der Waals surface area contributed by atoms with Gasteiger partial charge >= 0.3 is 0 Å². The van der Waals surface area contributed by atoms with Crippen molar-refractivity contribution in [2.45, 2.75) is 63.7 Å². The Morgan fingerprint density at radius 3 is 2.43 bits per heavy atom. The fraction of sp³-hybridized carbons (Fsp3) is 0.500. The predicted octanol–water partition coefficient (Wildman–Crippen LogP) is 5.66. The topological polar surface area (TPSA) is 71.3 Å². The normalized spacial score (nSPS) is 20.6. The van der Waals surface area contributed by atoms with Crippen LogP contribution in [-0.2, 0) is 10.0 Å². The van der Waals surface area contributed by atoms with Crippen LogP contribution in [0.2, 0.25) is 0 Å². The molecule has 0 unspecified atom stereocenters. The molecule has 0 aliphatic heterocycles. The SMILES string of the molecule is CCC(C)(C)S(=O)(=O)NC1CCC(CNc2ccc3oc4ccccc4c3c2)CC1. The highest BCUT2D eigenvalue weighted by atomic mass is 32.2. The molecule has 0 amide bonds. The number of fused-ring (bicyclic) bond motifs is 3. The number of hydrogen-bond acceptors (Lipinski definition) is 4. The number of anilines is 1. The molecule has 1 aliphatic rings. The van der Waals surface area contributed by atoms with Gasteiger partial charge in [0.2, 0.25) is 10.0 Å². The van der Waals surface area contributed by atoms with Gasteiger partial charge in [0.1, 0.15) is 11.2 Å². The van der Waals surface area contributed by atoms with E-state index in [4.69, 9.17) is 4.42 Å². The molecule has 1 fully saturated rings. The first kappa shape index (κ1) is 21.2. The lowest BCUT2D eigenvalue weighted by Gasteiger charge is -2.32. The minimum absolute atomic E-state index is 0.0609. The molecule has 5 nitrogen and oxygen atoms in total. The second-order valence-electron chi connectivity index (χ2n) is 9.14. The number of para-hydroxylation sites is 1. The first-order valence-electron chi connectivity index (χ1n) is 11.0. The van der Waals surface area contributed by atoms with Gasteiger partial charge in [-0.2, -0.15) is 0 Å². The first-order chi connectivity index (χ1) is 14.3. The third-order valence-corrected chi connectivity index (χ3v) is 9.11. The highest BCUT2D eigenvalue weighted by molar-refractivity contribution is 7.90. The van der Waals surface area contributed by atoms with Crippen LogP contribution in [0.4, 0.5) is 5.69 Å². The third kappa shape index (κ3) is 4.21. The van der Waals surface area contributed by atoms with E-state index in [1.165, 1.54) is 0 Å². The van der Waals surface area contributed by atoms with Crippen LogP contribution < -0.4 is 10.0 Å². The summed E-state index contributed by atoms with van der Waals surface area (Å²) in [5, 5.41) is 5.85. The van der Waals surface area contributed by atoms with Gasteiger partial charge in [0.25, 0.3) is 0 Å². The van der Waals surface area contributed by atoms with Crippen LogP contribution >= 0.6 is 0 Å². The summed E-state index contributed by atoms with van der Waals surface area (Å²) in [7, 11) is -3.29. The molecule has 2 N–H and O–H groups in total. The Morgan fingerprint density at radius 1 is 1.00 bits per heavy atom. The molecule has 3 aromatic rings. The quantitative estimate of drug-likeness (QED) is 0.509.